The third-order valence-electron chi connectivity index (χ3n) is 4.76. The van der Waals surface area contributed by atoms with Gasteiger partial charge >= 0.3 is 0 Å². The molecule has 2 heterocycles. The predicted octanol–water partition coefficient (Wildman–Crippen LogP) is 4.64. The molecule has 182 valence electrons. The molecule has 4 aromatic rings. The number of aromatic nitrogens is 2. The Labute approximate surface area is 204 Å². The van der Waals surface area contributed by atoms with Gasteiger partial charge in [-0.3, -0.25) is 10.1 Å². The summed E-state index contributed by atoms with van der Waals surface area (Å²) in [5.41, 5.74) is 8.72. The van der Waals surface area contributed by atoms with Gasteiger partial charge < -0.3 is 24.5 Å². The van der Waals surface area contributed by atoms with Crippen LogP contribution in [-0.4, -0.2) is 27.3 Å². The van der Waals surface area contributed by atoms with Crippen molar-refractivity contribution in [2.24, 2.45) is 10.3 Å². The normalized spacial score (nSPS) is 12.1. The molecule has 2 aromatic heterocycles. The van der Waals surface area contributed by atoms with E-state index in [-0.39, 0.29) is 5.69 Å². The molecule has 0 aliphatic heterocycles. The summed E-state index contributed by atoms with van der Waals surface area (Å²) in [7, 11) is 0. The summed E-state index contributed by atoms with van der Waals surface area (Å²) in [4.78, 5) is 22.1. The molecule has 12 heteroatoms. The van der Waals surface area contributed by atoms with Crippen molar-refractivity contribution < 1.29 is 14.6 Å². The van der Waals surface area contributed by atoms with Gasteiger partial charge in [0.15, 0.2) is 0 Å². The first kappa shape index (κ1) is 25.2. The number of nitrogen functional groups attached to an aromatic ring is 1. The van der Waals surface area contributed by atoms with Crippen LogP contribution in [0, 0.1) is 10.1 Å². The topological polar surface area (TPSA) is 122 Å². The summed E-state index contributed by atoms with van der Waals surface area (Å²) in [6, 6.07) is 10.7. The van der Waals surface area contributed by atoms with Crippen LogP contribution in [-0.2, 0) is 22.8 Å². The van der Waals surface area contributed by atoms with Gasteiger partial charge in [-0.2, -0.15) is 0 Å². The molecule has 0 unspecified atom stereocenters. The van der Waals surface area contributed by atoms with E-state index in [0.29, 0.717) is 13.2 Å². The molecular formula is C22H28N6O4S2. The van der Waals surface area contributed by atoms with Crippen molar-refractivity contribution >= 4 is 54.5 Å². The number of benzene rings is 2. The highest BCUT2D eigenvalue weighted by atomic mass is 32.1. The van der Waals surface area contributed by atoms with Crippen molar-refractivity contribution in [1.82, 2.24) is 9.13 Å². The Morgan fingerprint density at radius 2 is 1.38 bits per heavy atom. The molecule has 0 bridgehead atoms. The summed E-state index contributed by atoms with van der Waals surface area (Å²) in [6.07, 6.45) is 0. The minimum Gasteiger partial charge on any atom is -0.399 e. The molecule has 0 spiro atoms. The Morgan fingerprint density at radius 1 is 0.882 bits per heavy atom. The number of fused-ring (bicyclic) bond motifs is 2. The van der Waals surface area contributed by atoms with Gasteiger partial charge in [-0.25, -0.2) is 0 Å². The minimum absolute atomic E-state index is 0.0926. The molecule has 0 radical (unpaired) electrons. The lowest BCUT2D eigenvalue weighted by molar-refractivity contribution is -0.384. The van der Waals surface area contributed by atoms with E-state index in [0.717, 1.165) is 48.8 Å². The number of nitrogens with two attached hydrogens (primary N) is 1. The quantitative estimate of drug-likeness (QED) is 0.223. The Hall–Kier alpha value is -3.38. The smallest absolute Gasteiger partial charge is 0.270 e. The first-order valence-corrected chi connectivity index (χ1v) is 12.5. The zero-order valence-electron chi connectivity index (χ0n) is 19.6. The van der Waals surface area contributed by atoms with Gasteiger partial charge in [-0.05, 0) is 52.0 Å². The SMILES string of the molecule is CCON=c1sc2cc(N)ccc2n1CC.CCON=c1sc2cc([N+](=O)[O-])ccc2n1CC. The number of aryl methyl sites for hydroxylation is 2. The molecule has 10 nitrogen and oxygen atoms in total. The summed E-state index contributed by atoms with van der Waals surface area (Å²) >= 11 is 2.98. The number of anilines is 1. The number of non-ortho nitro benzene ring substituents is 1. The highest BCUT2D eigenvalue weighted by Crippen LogP contribution is 2.23. The molecule has 4 rings (SSSR count). The average Bonchev–Trinajstić information content (AvgIpc) is 3.37. The number of rotatable bonds is 7. The number of hydrogen-bond acceptors (Lipinski definition) is 9. The lowest BCUT2D eigenvalue weighted by atomic mass is 10.3. The van der Waals surface area contributed by atoms with Crippen LogP contribution in [0.4, 0.5) is 11.4 Å². The lowest BCUT2D eigenvalue weighted by Gasteiger charge is -2.00. The van der Waals surface area contributed by atoms with E-state index < -0.39 is 4.92 Å². The fourth-order valence-electron chi connectivity index (χ4n) is 3.26. The number of nitro groups is 1. The van der Waals surface area contributed by atoms with Gasteiger partial charge in [-0.15, -0.1) is 0 Å². The molecular weight excluding hydrogens is 476 g/mol. The van der Waals surface area contributed by atoms with Gasteiger partial charge in [0, 0.05) is 30.9 Å². The predicted molar refractivity (Wildman–Crippen MR) is 136 cm³/mol. The summed E-state index contributed by atoms with van der Waals surface area (Å²) in [5.74, 6) is 0. The van der Waals surface area contributed by atoms with E-state index in [2.05, 4.69) is 21.8 Å². The number of nitro benzene ring substituents is 1. The Morgan fingerprint density at radius 3 is 1.85 bits per heavy atom. The summed E-state index contributed by atoms with van der Waals surface area (Å²) in [6.45, 7) is 10.6. The van der Waals surface area contributed by atoms with Crippen molar-refractivity contribution in [2.45, 2.75) is 40.8 Å². The summed E-state index contributed by atoms with van der Waals surface area (Å²) < 4.78 is 6.07. The number of nitrogens with zero attached hydrogens (tertiary/aromatic N) is 5. The van der Waals surface area contributed by atoms with Crippen LogP contribution in [0.2, 0.25) is 0 Å². The van der Waals surface area contributed by atoms with Gasteiger partial charge in [0.25, 0.3) is 5.69 Å². The van der Waals surface area contributed by atoms with Crippen LogP contribution >= 0.6 is 22.7 Å². The number of hydrogen-bond donors (Lipinski definition) is 1. The lowest BCUT2D eigenvalue weighted by Crippen LogP contribution is -2.13. The third-order valence-corrected chi connectivity index (χ3v) is 6.81. The first-order chi connectivity index (χ1) is 16.4. The standard InChI is InChI=1S/C11H13N3O3S.C11H15N3OS/c1-3-13-9-6-5-8(14(15)16)7-10(9)18-11(13)12-17-4-2;1-3-14-9-6-5-8(12)7-10(9)16-11(14)13-15-4-2/h5-7H,3-4H2,1-2H3;5-7H,3-4,12H2,1-2H3. The Balaban J connectivity index is 0.000000192. The van der Waals surface area contributed by atoms with Gasteiger partial charge in [0.05, 0.1) is 25.4 Å². The second-order valence-corrected chi connectivity index (χ2v) is 8.93. The molecule has 0 amide bonds. The van der Waals surface area contributed by atoms with Crippen LogP contribution < -0.4 is 15.3 Å². The largest absolute Gasteiger partial charge is 0.399 e. The molecule has 0 aliphatic rings. The molecule has 2 aromatic carbocycles. The zero-order chi connectivity index (χ0) is 24.7. The molecule has 0 atom stereocenters. The molecule has 0 aliphatic carbocycles. The van der Waals surface area contributed by atoms with Crippen LogP contribution in [0.1, 0.15) is 27.7 Å². The van der Waals surface area contributed by atoms with E-state index in [9.17, 15) is 10.1 Å². The average molecular weight is 505 g/mol. The Kier molecular flexibility index (Phi) is 8.66. The van der Waals surface area contributed by atoms with E-state index in [1.54, 1.807) is 23.5 Å². The van der Waals surface area contributed by atoms with Crippen LogP contribution in [0.3, 0.4) is 0 Å². The second-order valence-electron chi connectivity index (χ2n) is 6.91. The van der Waals surface area contributed by atoms with Crippen molar-refractivity contribution in [3.63, 3.8) is 0 Å². The van der Waals surface area contributed by atoms with Gasteiger partial charge in [0.1, 0.15) is 13.2 Å². The zero-order valence-corrected chi connectivity index (χ0v) is 21.2. The molecule has 0 saturated carbocycles. The van der Waals surface area contributed by atoms with E-state index in [4.69, 9.17) is 15.4 Å². The monoisotopic (exact) mass is 504 g/mol. The third kappa shape index (κ3) is 5.57. The van der Waals surface area contributed by atoms with Gasteiger partial charge in [0.2, 0.25) is 9.60 Å². The highest BCUT2D eigenvalue weighted by Gasteiger charge is 2.11. The van der Waals surface area contributed by atoms with Crippen LogP contribution in [0.15, 0.2) is 46.7 Å². The Bertz CT molecular complexity index is 1420. The second kappa shape index (κ2) is 11.7. The van der Waals surface area contributed by atoms with Crippen molar-refractivity contribution in [1.29, 1.82) is 0 Å². The fraction of sp³-hybridized carbons (Fsp3) is 0.364. The van der Waals surface area contributed by atoms with Crippen molar-refractivity contribution in [3.05, 3.63) is 56.1 Å². The molecule has 2 N–H and O–H groups in total. The van der Waals surface area contributed by atoms with Crippen LogP contribution in [0.25, 0.3) is 20.4 Å². The number of thiazole rings is 2. The van der Waals surface area contributed by atoms with E-state index in [1.807, 2.05) is 43.5 Å². The van der Waals surface area contributed by atoms with E-state index in [1.165, 1.54) is 17.4 Å². The van der Waals surface area contributed by atoms with Crippen LogP contribution in [0.5, 0.6) is 0 Å². The van der Waals surface area contributed by atoms with Crippen molar-refractivity contribution in [2.75, 3.05) is 18.9 Å². The molecule has 0 fully saturated rings. The summed E-state index contributed by atoms with van der Waals surface area (Å²) in [5, 5.41) is 18.9. The maximum Gasteiger partial charge on any atom is 0.270 e. The van der Waals surface area contributed by atoms with Gasteiger partial charge in [-0.1, -0.05) is 33.0 Å². The fourth-order valence-corrected chi connectivity index (χ4v) is 5.45. The minimum atomic E-state index is -0.394. The molecule has 0 saturated heterocycles. The molecule has 34 heavy (non-hydrogen) atoms. The maximum atomic E-state index is 10.7. The van der Waals surface area contributed by atoms with Crippen molar-refractivity contribution in [3.8, 4) is 0 Å². The van der Waals surface area contributed by atoms with E-state index >= 15 is 0 Å². The maximum absolute atomic E-state index is 10.7. The highest BCUT2D eigenvalue weighted by molar-refractivity contribution is 7.16. The first-order valence-electron chi connectivity index (χ1n) is 10.9.